The number of rotatable bonds is 4. The van der Waals surface area contributed by atoms with Gasteiger partial charge in [-0.3, -0.25) is 10.1 Å². The number of nitrogens with zero attached hydrogens (tertiary/aromatic N) is 1. The van der Waals surface area contributed by atoms with E-state index in [0.717, 1.165) is 31.7 Å². The fraction of sp³-hybridized carbons (Fsp3) is 0.500. The molecule has 0 atom stereocenters. The molecule has 0 bridgehead atoms. The van der Waals surface area contributed by atoms with E-state index in [0.29, 0.717) is 0 Å². The minimum atomic E-state index is -0.663. The molecule has 1 aromatic rings. The Bertz CT molecular complexity index is 459. The van der Waals surface area contributed by atoms with E-state index < -0.39 is 16.3 Å². The maximum absolute atomic E-state index is 13.7. The molecule has 0 spiro atoms. The van der Waals surface area contributed by atoms with Crippen molar-refractivity contribution < 1.29 is 14.4 Å². The number of halogens is 1. The van der Waals surface area contributed by atoms with Gasteiger partial charge in [-0.25, -0.2) is 4.39 Å². The van der Waals surface area contributed by atoms with Crippen LogP contribution in [0.1, 0.15) is 25.7 Å². The molecule has 1 saturated carbocycles. The van der Waals surface area contributed by atoms with Crippen molar-refractivity contribution in [3.8, 4) is 0 Å². The monoisotopic (exact) mass is 254 g/mol. The molecule has 18 heavy (non-hydrogen) atoms. The zero-order chi connectivity index (χ0) is 13.2. The maximum Gasteiger partial charge on any atom is 0.272 e. The smallest absolute Gasteiger partial charge is 0.272 e. The third-order valence-corrected chi connectivity index (χ3v) is 3.43. The number of nitrogens with one attached hydrogen (secondary N) is 1. The lowest BCUT2D eigenvalue weighted by Crippen LogP contribution is -2.39. The van der Waals surface area contributed by atoms with Crippen LogP contribution in [0.5, 0.6) is 0 Å². The van der Waals surface area contributed by atoms with Gasteiger partial charge in [-0.15, -0.1) is 0 Å². The van der Waals surface area contributed by atoms with Crippen LogP contribution in [-0.4, -0.2) is 22.2 Å². The SMILES string of the molecule is O=[N+]([O-])c1ccc(NC2(CO)CCCC2)c(F)c1. The van der Waals surface area contributed by atoms with Gasteiger partial charge in [0.2, 0.25) is 0 Å². The summed E-state index contributed by atoms with van der Waals surface area (Å²) in [4.78, 5) is 9.87. The highest BCUT2D eigenvalue weighted by Gasteiger charge is 2.33. The van der Waals surface area contributed by atoms with Gasteiger partial charge in [-0.05, 0) is 18.9 Å². The quantitative estimate of drug-likeness (QED) is 0.639. The van der Waals surface area contributed by atoms with Gasteiger partial charge in [-0.1, -0.05) is 12.8 Å². The van der Waals surface area contributed by atoms with Gasteiger partial charge in [0.15, 0.2) is 5.82 Å². The number of non-ortho nitro benzene ring substituents is 1. The highest BCUT2D eigenvalue weighted by atomic mass is 19.1. The molecule has 1 aliphatic carbocycles. The number of aliphatic hydroxyl groups is 1. The zero-order valence-electron chi connectivity index (χ0n) is 9.86. The third-order valence-electron chi connectivity index (χ3n) is 3.43. The van der Waals surface area contributed by atoms with E-state index in [1.165, 1.54) is 12.1 Å². The molecule has 0 saturated heterocycles. The number of aliphatic hydroxyl groups excluding tert-OH is 1. The summed E-state index contributed by atoms with van der Waals surface area (Å²) in [7, 11) is 0. The van der Waals surface area contributed by atoms with Crippen molar-refractivity contribution in [2.75, 3.05) is 11.9 Å². The first-order valence-electron chi connectivity index (χ1n) is 5.89. The average molecular weight is 254 g/mol. The van der Waals surface area contributed by atoms with E-state index in [1.54, 1.807) is 0 Å². The lowest BCUT2D eigenvalue weighted by Gasteiger charge is -2.29. The maximum atomic E-state index is 13.7. The van der Waals surface area contributed by atoms with Gasteiger partial charge >= 0.3 is 0 Å². The van der Waals surface area contributed by atoms with Crippen molar-refractivity contribution in [3.05, 3.63) is 34.1 Å². The summed E-state index contributed by atoms with van der Waals surface area (Å²) in [6, 6.07) is 3.50. The Morgan fingerprint density at radius 2 is 2.11 bits per heavy atom. The summed E-state index contributed by atoms with van der Waals surface area (Å²) in [6.07, 6.45) is 3.53. The number of hydrogen-bond donors (Lipinski definition) is 2. The van der Waals surface area contributed by atoms with Crippen molar-refractivity contribution in [2.24, 2.45) is 0 Å². The molecule has 2 N–H and O–H groups in total. The van der Waals surface area contributed by atoms with Crippen LogP contribution in [0.3, 0.4) is 0 Å². The zero-order valence-corrected chi connectivity index (χ0v) is 9.86. The minimum absolute atomic E-state index is 0.0660. The van der Waals surface area contributed by atoms with E-state index in [2.05, 4.69) is 5.32 Å². The second kappa shape index (κ2) is 4.89. The number of nitro benzene ring substituents is 1. The minimum Gasteiger partial charge on any atom is -0.394 e. The van der Waals surface area contributed by atoms with Crippen LogP contribution in [0.2, 0.25) is 0 Å². The molecular weight excluding hydrogens is 239 g/mol. The molecule has 98 valence electrons. The fourth-order valence-electron chi connectivity index (χ4n) is 2.38. The predicted octanol–water partition coefficient (Wildman–Crippen LogP) is 2.45. The topological polar surface area (TPSA) is 75.4 Å². The Balaban J connectivity index is 2.21. The van der Waals surface area contributed by atoms with E-state index in [1.807, 2.05) is 0 Å². The van der Waals surface area contributed by atoms with Crippen molar-refractivity contribution in [1.29, 1.82) is 0 Å². The molecule has 0 aliphatic heterocycles. The Hall–Kier alpha value is -1.69. The molecular formula is C12H15FN2O3. The van der Waals surface area contributed by atoms with Crippen LogP contribution in [0.25, 0.3) is 0 Å². The van der Waals surface area contributed by atoms with Crippen LogP contribution in [0.15, 0.2) is 18.2 Å². The summed E-state index contributed by atoms with van der Waals surface area (Å²) < 4.78 is 13.7. The molecule has 1 aromatic carbocycles. The second-order valence-corrected chi connectivity index (χ2v) is 4.69. The van der Waals surface area contributed by atoms with E-state index in [4.69, 9.17) is 0 Å². The Kier molecular flexibility index (Phi) is 3.47. The first-order valence-corrected chi connectivity index (χ1v) is 5.89. The molecule has 0 unspecified atom stereocenters. The summed E-state index contributed by atoms with van der Waals surface area (Å²) in [6.45, 7) is -0.0660. The molecule has 1 fully saturated rings. The number of benzene rings is 1. The highest BCUT2D eigenvalue weighted by Crippen LogP contribution is 2.34. The normalized spacial score (nSPS) is 17.7. The molecule has 0 aromatic heterocycles. The van der Waals surface area contributed by atoms with Crippen LogP contribution in [0, 0.1) is 15.9 Å². The molecule has 0 radical (unpaired) electrons. The largest absolute Gasteiger partial charge is 0.394 e. The summed E-state index contributed by atoms with van der Waals surface area (Å²) in [5.41, 5.74) is -0.559. The molecule has 2 rings (SSSR count). The molecule has 5 nitrogen and oxygen atoms in total. The van der Waals surface area contributed by atoms with E-state index >= 15 is 0 Å². The van der Waals surface area contributed by atoms with Crippen molar-refractivity contribution in [2.45, 2.75) is 31.2 Å². The Morgan fingerprint density at radius 1 is 1.44 bits per heavy atom. The van der Waals surface area contributed by atoms with Crippen LogP contribution >= 0.6 is 0 Å². The van der Waals surface area contributed by atoms with Gasteiger partial charge in [0.25, 0.3) is 5.69 Å². The van der Waals surface area contributed by atoms with Crippen molar-refractivity contribution >= 4 is 11.4 Å². The summed E-state index contributed by atoms with van der Waals surface area (Å²) in [5, 5.41) is 22.9. The average Bonchev–Trinajstić information content (AvgIpc) is 2.81. The Morgan fingerprint density at radius 3 is 2.61 bits per heavy atom. The molecule has 6 heteroatoms. The number of nitro groups is 1. The first-order chi connectivity index (χ1) is 8.56. The van der Waals surface area contributed by atoms with Crippen LogP contribution < -0.4 is 5.32 Å². The fourth-order valence-corrected chi connectivity index (χ4v) is 2.38. The summed E-state index contributed by atoms with van der Waals surface area (Å²) in [5.74, 6) is -0.663. The molecule has 0 amide bonds. The van der Waals surface area contributed by atoms with Crippen LogP contribution in [-0.2, 0) is 0 Å². The van der Waals surface area contributed by atoms with Crippen molar-refractivity contribution in [3.63, 3.8) is 0 Å². The van der Waals surface area contributed by atoms with Gasteiger partial charge in [0.1, 0.15) is 0 Å². The standard InChI is InChI=1S/C12H15FN2O3/c13-10-7-9(15(17)18)3-4-11(10)14-12(8-16)5-1-2-6-12/h3-4,7,14,16H,1-2,5-6,8H2. The van der Waals surface area contributed by atoms with Crippen molar-refractivity contribution in [1.82, 2.24) is 0 Å². The highest BCUT2D eigenvalue weighted by molar-refractivity contribution is 5.52. The third kappa shape index (κ3) is 2.43. The van der Waals surface area contributed by atoms with Gasteiger partial charge in [0, 0.05) is 6.07 Å². The molecule has 1 aliphatic rings. The summed E-state index contributed by atoms with van der Waals surface area (Å²) >= 11 is 0. The number of hydrogen-bond acceptors (Lipinski definition) is 4. The Labute approximate surface area is 104 Å². The lowest BCUT2D eigenvalue weighted by atomic mass is 9.98. The predicted molar refractivity (Wildman–Crippen MR) is 65.0 cm³/mol. The van der Waals surface area contributed by atoms with Gasteiger partial charge in [-0.2, -0.15) is 0 Å². The van der Waals surface area contributed by atoms with Gasteiger partial charge < -0.3 is 10.4 Å². The van der Waals surface area contributed by atoms with E-state index in [9.17, 15) is 19.6 Å². The number of anilines is 1. The second-order valence-electron chi connectivity index (χ2n) is 4.69. The van der Waals surface area contributed by atoms with E-state index in [-0.39, 0.29) is 18.0 Å². The van der Waals surface area contributed by atoms with Crippen LogP contribution in [0.4, 0.5) is 15.8 Å². The lowest BCUT2D eigenvalue weighted by molar-refractivity contribution is -0.385. The molecule has 0 heterocycles. The first kappa shape index (κ1) is 12.8. The van der Waals surface area contributed by atoms with Gasteiger partial charge in [0.05, 0.1) is 28.8 Å².